The number of nitrogens with zero attached hydrogens (tertiary/aromatic N) is 1. The number of hydrogen-bond donors (Lipinski definition) is 2. The fraction of sp³-hybridized carbons (Fsp3) is 0.850. The highest BCUT2D eigenvalue weighted by Gasteiger charge is 2.24. The number of hydrogen-bond acceptors (Lipinski definition) is 7. The predicted octanol–water partition coefficient (Wildman–Crippen LogP) is 0.0576. The molecule has 0 bridgehead atoms. The zero-order valence-electron chi connectivity index (χ0n) is 18.8. The van der Waals surface area contributed by atoms with E-state index in [1.54, 1.807) is 0 Å². The number of carbonyl (C=O) groups excluding carboxylic acids is 2. The van der Waals surface area contributed by atoms with Crippen molar-refractivity contribution in [2.24, 2.45) is 0 Å². The molecule has 1 amide bonds. The van der Waals surface area contributed by atoms with Gasteiger partial charge >= 0.3 is 5.97 Å². The Morgan fingerprint density at radius 2 is 1.43 bits per heavy atom. The number of rotatable bonds is 21. The Bertz CT molecular complexity index is 474. The van der Waals surface area contributed by atoms with E-state index in [0.29, 0.717) is 72.1 Å². The van der Waals surface area contributed by atoms with Crippen molar-refractivity contribution < 1.29 is 33.7 Å². The molecule has 0 aliphatic carbocycles. The van der Waals surface area contributed by atoms with Gasteiger partial charge in [0.2, 0.25) is 5.91 Å². The third-order valence-electron chi connectivity index (χ3n) is 4.30. The smallest absolute Gasteiger partial charge is 0.320 e. The normalized spacial score (nSPS) is 12.1. The molecule has 9 nitrogen and oxygen atoms in total. The largest absolute Gasteiger partial charge is 0.480 e. The Morgan fingerprint density at radius 3 is 1.93 bits per heavy atom. The highest BCUT2D eigenvalue weighted by atomic mass is 16.5. The summed E-state index contributed by atoms with van der Waals surface area (Å²) in [6.45, 7) is 8.33. The van der Waals surface area contributed by atoms with Gasteiger partial charge in [-0.05, 0) is 32.4 Å². The lowest BCUT2D eigenvalue weighted by atomic mass is 10.0. The van der Waals surface area contributed by atoms with E-state index in [1.807, 2.05) is 18.7 Å². The van der Waals surface area contributed by atoms with Gasteiger partial charge in [0.25, 0.3) is 0 Å². The molecule has 0 aliphatic heterocycles. The van der Waals surface area contributed by atoms with Gasteiger partial charge in [0.15, 0.2) is 7.85 Å². The van der Waals surface area contributed by atoms with E-state index in [0.717, 1.165) is 12.8 Å². The van der Waals surface area contributed by atoms with E-state index in [1.165, 1.54) is 7.85 Å². The summed E-state index contributed by atoms with van der Waals surface area (Å²) in [5.74, 6) is -1.05. The third kappa shape index (κ3) is 16.3. The number of carboxylic acid groups (broad SMARTS) is 1. The topological polar surface area (TPSA) is 114 Å². The molecule has 0 saturated carbocycles. The average Bonchev–Trinajstić information content (AvgIpc) is 2.68. The van der Waals surface area contributed by atoms with Crippen molar-refractivity contribution in [3.05, 3.63) is 0 Å². The number of ether oxygens (including phenoxy) is 3. The van der Waals surface area contributed by atoms with E-state index in [4.69, 9.17) is 14.2 Å². The van der Waals surface area contributed by atoms with Gasteiger partial charge in [-0.15, -0.1) is 0 Å². The van der Waals surface area contributed by atoms with E-state index >= 15 is 0 Å². The van der Waals surface area contributed by atoms with Crippen LogP contribution < -0.4 is 5.32 Å². The van der Waals surface area contributed by atoms with Crippen LogP contribution in [0.4, 0.5) is 0 Å². The van der Waals surface area contributed by atoms with Crippen molar-refractivity contribution in [3.63, 3.8) is 0 Å². The summed E-state index contributed by atoms with van der Waals surface area (Å²) in [5, 5.41) is 12.2. The molecule has 0 rings (SSSR count). The van der Waals surface area contributed by atoms with Crippen molar-refractivity contribution in [3.8, 4) is 0 Å². The maximum atomic E-state index is 12.0. The minimum absolute atomic E-state index is 0.105. The molecule has 0 fully saturated rings. The van der Waals surface area contributed by atoms with Crippen molar-refractivity contribution in [2.75, 3.05) is 59.3 Å². The van der Waals surface area contributed by atoms with Crippen LogP contribution in [0.15, 0.2) is 0 Å². The molecule has 10 heteroatoms. The second-order valence-electron chi connectivity index (χ2n) is 7.07. The van der Waals surface area contributed by atoms with Crippen LogP contribution >= 0.6 is 0 Å². The zero-order chi connectivity index (χ0) is 22.6. The van der Waals surface area contributed by atoms with Gasteiger partial charge in [-0.1, -0.05) is 13.8 Å². The minimum Gasteiger partial charge on any atom is -0.480 e. The van der Waals surface area contributed by atoms with Crippen molar-refractivity contribution in [1.82, 2.24) is 10.2 Å². The Balaban J connectivity index is 3.74. The highest BCUT2D eigenvalue weighted by Crippen LogP contribution is 2.10. The van der Waals surface area contributed by atoms with E-state index < -0.39 is 12.0 Å². The number of amides is 1. The molecule has 1 atom stereocenters. The lowest BCUT2D eigenvalue weighted by Crippen LogP contribution is -2.43. The molecular formula is C20H39BN2O7. The first-order valence-corrected chi connectivity index (χ1v) is 10.9. The number of nitrogens with one attached hydrogen (secondary N) is 1. The molecule has 0 aromatic carbocycles. The second kappa shape index (κ2) is 19.5. The van der Waals surface area contributed by atoms with E-state index in [9.17, 15) is 19.5 Å². The second-order valence-corrected chi connectivity index (χ2v) is 7.07. The molecule has 0 saturated heterocycles. The zero-order valence-corrected chi connectivity index (χ0v) is 18.8. The molecule has 2 N–H and O–H groups in total. The van der Waals surface area contributed by atoms with Crippen molar-refractivity contribution in [1.29, 1.82) is 0 Å². The lowest BCUT2D eigenvalue weighted by molar-refractivity contribution is -0.143. The summed E-state index contributed by atoms with van der Waals surface area (Å²) >= 11 is 0. The van der Waals surface area contributed by atoms with Crippen LogP contribution in [0.5, 0.6) is 0 Å². The molecule has 0 aliphatic rings. The Labute approximate surface area is 181 Å². The van der Waals surface area contributed by atoms with Crippen LogP contribution in [-0.4, -0.2) is 101 Å². The SMILES string of the molecule is BC(=O)CCOCCOCCOCCNC(=O)CCC(C(=O)O)N(CCC)CCC. The van der Waals surface area contributed by atoms with Gasteiger partial charge in [-0.3, -0.25) is 14.5 Å². The van der Waals surface area contributed by atoms with Crippen LogP contribution in [0.2, 0.25) is 0 Å². The number of carboxylic acids is 1. The summed E-state index contributed by atoms with van der Waals surface area (Å²) in [5.41, 5.74) is 0.105. The molecular weight excluding hydrogens is 391 g/mol. The van der Waals surface area contributed by atoms with Crippen molar-refractivity contribution in [2.45, 2.75) is 52.0 Å². The third-order valence-corrected chi connectivity index (χ3v) is 4.30. The molecule has 0 heterocycles. The Hall–Kier alpha value is -1.49. The first-order valence-electron chi connectivity index (χ1n) is 10.9. The average molecular weight is 430 g/mol. The Kier molecular flexibility index (Phi) is 18.5. The van der Waals surface area contributed by atoms with Crippen LogP contribution in [0, 0.1) is 0 Å². The summed E-state index contributed by atoms with van der Waals surface area (Å²) < 4.78 is 16.0. The Morgan fingerprint density at radius 1 is 0.900 bits per heavy atom. The quantitative estimate of drug-likeness (QED) is 0.194. The van der Waals surface area contributed by atoms with Gasteiger partial charge in [0.05, 0.1) is 45.3 Å². The number of aliphatic carboxylic acids is 1. The molecule has 0 radical (unpaired) electrons. The maximum absolute atomic E-state index is 12.0. The monoisotopic (exact) mass is 430 g/mol. The standard InChI is InChI=1S/C20H39BN2O7/c1-3-9-23(10-4-2)17(20(26)27)5-6-19(25)22-8-12-29-14-16-30-15-13-28-11-7-18(21)24/h17H,3-16,21H2,1-2H3,(H,22,25)(H,26,27). The first-order chi connectivity index (χ1) is 14.4. The summed E-state index contributed by atoms with van der Waals surface area (Å²) in [6, 6.07) is -0.629. The molecule has 30 heavy (non-hydrogen) atoms. The van der Waals surface area contributed by atoms with Crippen LogP contribution in [0.25, 0.3) is 0 Å². The predicted molar refractivity (Wildman–Crippen MR) is 116 cm³/mol. The molecule has 0 spiro atoms. The van der Waals surface area contributed by atoms with Crippen LogP contribution in [0.1, 0.15) is 46.0 Å². The number of carbonyl (C=O) groups is 3. The summed E-state index contributed by atoms with van der Waals surface area (Å²) in [7, 11) is 1.53. The summed E-state index contributed by atoms with van der Waals surface area (Å²) in [4.78, 5) is 36.2. The fourth-order valence-electron chi connectivity index (χ4n) is 2.84. The van der Waals surface area contributed by atoms with Gasteiger partial charge in [-0.25, -0.2) is 0 Å². The maximum Gasteiger partial charge on any atom is 0.320 e. The van der Waals surface area contributed by atoms with Gasteiger partial charge in [-0.2, -0.15) is 0 Å². The van der Waals surface area contributed by atoms with E-state index in [-0.39, 0.29) is 18.0 Å². The molecule has 0 aromatic heterocycles. The molecule has 1 unspecified atom stereocenters. The van der Waals surface area contributed by atoms with Gasteiger partial charge in [0.1, 0.15) is 6.04 Å². The van der Waals surface area contributed by atoms with Gasteiger partial charge < -0.3 is 29.4 Å². The van der Waals surface area contributed by atoms with Gasteiger partial charge in [0, 0.05) is 19.4 Å². The molecule has 0 aromatic rings. The van der Waals surface area contributed by atoms with Crippen LogP contribution in [0.3, 0.4) is 0 Å². The lowest BCUT2D eigenvalue weighted by Gasteiger charge is -2.28. The van der Waals surface area contributed by atoms with Crippen molar-refractivity contribution >= 4 is 25.4 Å². The summed E-state index contributed by atoms with van der Waals surface area (Å²) in [6.07, 6.45) is 2.65. The molecule has 174 valence electrons. The minimum atomic E-state index is -0.878. The fourth-order valence-corrected chi connectivity index (χ4v) is 2.84. The first kappa shape index (κ1) is 28.5. The highest BCUT2D eigenvalue weighted by molar-refractivity contribution is 6.57. The van der Waals surface area contributed by atoms with E-state index in [2.05, 4.69) is 5.32 Å². The van der Waals surface area contributed by atoms with Crippen LogP contribution in [-0.2, 0) is 28.6 Å².